The summed E-state index contributed by atoms with van der Waals surface area (Å²) in [6, 6.07) is 6.13. The van der Waals surface area contributed by atoms with Gasteiger partial charge >= 0.3 is 0 Å². The molecule has 0 saturated carbocycles. The third-order valence-corrected chi connectivity index (χ3v) is 4.03. The maximum atomic E-state index is 5.30. The van der Waals surface area contributed by atoms with Crippen LogP contribution in [-0.2, 0) is 18.2 Å². The third-order valence-electron chi connectivity index (χ3n) is 3.47. The number of nitrogens with zero attached hydrogens (tertiary/aromatic N) is 1. The number of pyridine rings is 1. The van der Waals surface area contributed by atoms with Gasteiger partial charge in [-0.05, 0) is 48.6 Å². The second-order valence-electron chi connectivity index (χ2n) is 4.39. The van der Waals surface area contributed by atoms with Crippen LogP contribution in [0.5, 0.6) is 5.75 Å². The largest absolute Gasteiger partial charge is 0.497 e. The number of fused-ring (bicyclic) bond motifs is 2. The molecular formula is C14H14BrNO. The quantitative estimate of drug-likeness (QED) is 0.789. The number of hydrogen-bond donors (Lipinski definition) is 0. The molecule has 0 N–H and O–H groups in total. The van der Waals surface area contributed by atoms with E-state index in [4.69, 9.17) is 9.72 Å². The zero-order valence-corrected chi connectivity index (χ0v) is 11.4. The van der Waals surface area contributed by atoms with Crippen molar-refractivity contribution >= 4 is 26.8 Å². The van der Waals surface area contributed by atoms with Crippen LogP contribution in [0.15, 0.2) is 18.2 Å². The predicted molar refractivity (Wildman–Crippen MR) is 73.0 cm³/mol. The first-order valence-corrected chi connectivity index (χ1v) is 7.00. The molecule has 1 aromatic heterocycles. The van der Waals surface area contributed by atoms with Gasteiger partial charge in [-0.1, -0.05) is 15.9 Å². The summed E-state index contributed by atoms with van der Waals surface area (Å²) in [5.41, 5.74) is 5.21. The Labute approximate surface area is 109 Å². The van der Waals surface area contributed by atoms with Gasteiger partial charge in [0.05, 0.1) is 12.6 Å². The van der Waals surface area contributed by atoms with E-state index < -0.39 is 0 Å². The van der Waals surface area contributed by atoms with Gasteiger partial charge in [0.1, 0.15) is 5.75 Å². The summed E-state index contributed by atoms with van der Waals surface area (Å²) in [4.78, 5) is 4.76. The second-order valence-corrected chi connectivity index (χ2v) is 4.95. The Balaban J connectivity index is 2.33. The van der Waals surface area contributed by atoms with Crippen molar-refractivity contribution in [1.82, 2.24) is 4.98 Å². The first-order chi connectivity index (χ1) is 8.33. The number of ether oxygens (including phenoxy) is 1. The van der Waals surface area contributed by atoms with Crippen molar-refractivity contribution < 1.29 is 4.74 Å². The molecule has 0 saturated heterocycles. The third kappa shape index (κ3) is 1.73. The number of rotatable bonds is 2. The molecule has 1 aliphatic carbocycles. The summed E-state index contributed by atoms with van der Waals surface area (Å²) in [6.07, 6.45) is 3.52. The lowest BCUT2D eigenvalue weighted by Crippen LogP contribution is -1.97. The van der Waals surface area contributed by atoms with Gasteiger partial charge in [0, 0.05) is 16.4 Å². The Kier molecular flexibility index (Phi) is 2.79. The molecule has 1 aliphatic rings. The molecule has 2 nitrogen and oxygen atoms in total. The van der Waals surface area contributed by atoms with E-state index in [1.54, 1.807) is 7.11 Å². The number of hydrogen-bond acceptors (Lipinski definition) is 2. The van der Waals surface area contributed by atoms with Gasteiger partial charge in [-0.25, -0.2) is 0 Å². The highest BCUT2D eigenvalue weighted by Crippen LogP contribution is 2.32. The van der Waals surface area contributed by atoms with Gasteiger partial charge in [0.25, 0.3) is 0 Å². The maximum Gasteiger partial charge on any atom is 0.119 e. The van der Waals surface area contributed by atoms with Crippen LogP contribution in [0.1, 0.15) is 23.2 Å². The number of aromatic nitrogens is 1. The molecule has 0 amide bonds. The van der Waals surface area contributed by atoms with Crippen LogP contribution in [0.4, 0.5) is 0 Å². The lowest BCUT2D eigenvalue weighted by Gasteiger charge is -2.11. The molecule has 0 bridgehead atoms. The Bertz CT molecular complexity index is 580. The zero-order chi connectivity index (χ0) is 11.8. The summed E-state index contributed by atoms with van der Waals surface area (Å²) in [7, 11) is 1.70. The van der Waals surface area contributed by atoms with E-state index >= 15 is 0 Å². The fourth-order valence-corrected chi connectivity index (χ4v) is 3.26. The smallest absolute Gasteiger partial charge is 0.119 e. The summed E-state index contributed by atoms with van der Waals surface area (Å²) >= 11 is 3.61. The van der Waals surface area contributed by atoms with Crippen molar-refractivity contribution in [3.63, 3.8) is 0 Å². The van der Waals surface area contributed by atoms with Gasteiger partial charge in [-0.3, -0.25) is 4.98 Å². The molecular weight excluding hydrogens is 278 g/mol. The number of alkyl halides is 1. The molecule has 0 atom stereocenters. The van der Waals surface area contributed by atoms with E-state index in [1.807, 2.05) is 6.07 Å². The molecule has 3 heteroatoms. The topological polar surface area (TPSA) is 22.1 Å². The minimum atomic E-state index is 0.890. The molecule has 2 aromatic rings. The Morgan fingerprint density at radius 3 is 3.00 bits per heavy atom. The standard InChI is InChI=1S/C14H14BrNO/c1-17-9-5-6-14-11(7-9)12(8-15)10-3-2-4-13(10)16-14/h5-7H,2-4,8H2,1H3. The van der Waals surface area contributed by atoms with Crippen molar-refractivity contribution in [2.75, 3.05) is 7.11 Å². The molecule has 17 heavy (non-hydrogen) atoms. The van der Waals surface area contributed by atoms with Crippen molar-refractivity contribution in [1.29, 1.82) is 0 Å². The van der Waals surface area contributed by atoms with E-state index in [-0.39, 0.29) is 0 Å². The fraction of sp³-hybridized carbons (Fsp3) is 0.357. The first-order valence-electron chi connectivity index (χ1n) is 5.88. The molecule has 3 rings (SSSR count). The maximum absolute atomic E-state index is 5.30. The van der Waals surface area contributed by atoms with Crippen LogP contribution in [0.3, 0.4) is 0 Å². The average Bonchev–Trinajstić information content (AvgIpc) is 2.82. The summed E-state index contributed by atoms with van der Waals surface area (Å²) in [6.45, 7) is 0. The highest BCUT2D eigenvalue weighted by atomic mass is 79.9. The van der Waals surface area contributed by atoms with E-state index in [2.05, 4.69) is 28.1 Å². The minimum absolute atomic E-state index is 0.890. The highest BCUT2D eigenvalue weighted by molar-refractivity contribution is 9.08. The van der Waals surface area contributed by atoms with Crippen LogP contribution in [0, 0.1) is 0 Å². The zero-order valence-electron chi connectivity index (χ0n) is 9.79. The Morgan fingerprint density at radius 2 is 2.24 bits per heavy atom. The van der Waals surface area contributed by atoms with Gasteiger partial charge in [0.15, 0.2) is 0 Å². The molecule has 1 heterocycles. The van der Waals surface area contributed by atoms with Crippen LogP contribution < -0.4 is 4.74 Å². The summed E-state index contributed by atoms with van der Waals surface area (Å²) in [5.74, 6) is 0.902. The predicted octanol–water partition coefficient (Wildman–Crippen LogP) is 3.63. The van der Waals surface area contributed by atoms with E-state index in [0.29, 0.717) is 0 Å². The SMILES string of the molecule is COc1ccc2nc3c(c(CBr)c2c1)CCC3. The molecule has 88 valence electrons. The van der Waals surface area contributed by atoms with Crippen LogP contribution in [0.2, 0.25) is 0 Å². The Morgan fingerprint density at radius 1 is 1.35 bits per heavy atom. The molecule has 0 aliphatic heterocycles. The van der Waals surface area contributed by atoms with Crippen molar-refractivity contribution in [3.05, 3.63) is 35.0 Å². The van der Waals surface area contributed by atoms with Gasteiger partial charge in [-0.2, -0.15) is 0 Å². The minimum Gasteiger partial charge on any atom is -0.497 e. The number of methoxy groups -OCH3 is 1. The van der Waals surface area contributed by atoms with Gasteiger partial charge in [-0.15, -0.1) is 0 Å². The molecule has 0 radical (unpaired) electrons. The van der Waals surface area contributed by atoms with Crippen molar-refractivity contribution in [3.8, 4) is 5.75 Å². The monoisotopic (exact) mass is 291 g/mol. The van der Waals surface area contributed by atoms with E-state index in [9.17, 15) is 0 Å². The van der Waals surface area contributed by atoms with Crippen molar-refractivity contribution in [2.45, 2.75) is 24.6 Å². The first kappa shape index (κ1) is 11.0. The van der Waals surface area contributed by atoms with Gasteiger partial charge in [0.2, 0.25) is 0 Å². The Hall–Kier alpha value is -1.09. The van der Waals surface area contributed by atoms with Crippen LogP contribution >= 0.6 is 15.9 Å². The summed E-state index contributed by atoms with van der Waals surface area (Å²) in [5, 5.41) is 2.11. The van der Waals surface area contributed by atoms with Gasteiger partial charge < -0.3 is 4.74 Å². The number of aryl methyl sites for hydroxylation is 1. The van der Waals surface area contributed by atoms with E-state index in [0.717, 1.165) is 29.4 Å². The number of halogens is 1. The average molecular weight is 292 g/mol. The molecule has 0 fully saturated rings. The van der Waals surface area contributed by atoms with Crippen molar-refractivity contribution in [2.24, 2.45) is 0 Å². The van der Waals surface area contributed by atoms with E-state index in [1.165, 1.54) is 28.6 Å². The fourth-order valence-electron chi connectivity index (χ4n) is 2.62. The lowest BCUT2D eigenvalue weighted by molar-refractivity contribution is 0.415. The highest BCUT2D eigenvalue weighted by Gasteiger charge is 2.18. The van der Waals surface area contributed by atoms with Crippen LogP contribution in [0.25, 0.3) is 10.9 Å². The lowest BCUT2D eigenvalue weighted by atomic mass is 10.0. The number of benzene rings is 1. The van der Waals surface area contributed by atoms with Crippen LogP contribution in [-0.4, -0.2) is 12.1 Å². The second kappa shape index (κ2) is 4.30. The molecule has 0 unspecified atom stereocenters. The molecule has 0 spiro atoms. The molecule has 1 aromatic carbocycles. The summed E-state index contributed by atoms with van der Waals surface area (Å²) < 4.78 is 5.30. The normalized spacial score (nSPS) is 14.0.